The fourth-order valence-electron chi connectivity index (χ4n) is 0.809. The maximum Gasteiger partial charge on any atom is 0.348 e. The number of rotatable bonds is 4. The summed E-state index contributed by atoms with van der Waals surface area (Å²) >= 11 is 0. The maximum atomic E-state index is 11.0. The number of hydrogen-bond donors (Lipinski definition) is 6. The third-order valence-electron chi connectivity index (χ3n) is 1.40. The summed E-state index contributed by atoms with van der Waals surface area (Å²) in [5, 5.41) is 3.26. The van der Waals surface area contributed by atoms with E-state index >= 15 is 0 Å². The number of imide groups is 1. The summed E-state index contributed by atoms with van der Waals surface area (Å²) in [6.45, 7) is 0.981. The number of hydrogen-bond acceptors (Lipinski definition) is 4. The van der Waals surface area contributed by atoms with Crippen molar-refractivity contribution in [1.29, 1.82) is 0 Å². The van der Waals surface area contributed by atoms with Crippen LogP contribution in [0.5, 0.6) is 0 Å². The molecule has 0 saturated heterocycles. The number of carbonyl (C=O) groups is 2. The van der Waals surface area contributed by atoms with Crippen molar-refractivity contribution in [2.24, 2.45) is 0 Å². The minimum absolute atomic E-state index is 0.789. The zero-order chi connectivity index (χ0) is 13.9. The first-order chi connectivity index (χ1) is 7.42. The lowest BCUT2D eigenvalue weighted by atomic mass is 10.6. The Morgan fingerprint density at radius 3 is 1.94 bits per heavy atom. The molecule has 0 aromatic heterocycles. The highest BCUT2D eigenvalue weighted by Gasteiger charge is 2.36. The highest BCUT2D eigenvalue weighted by atomic mass is 31.2. The quantitative estimate of drug-likeness (QED) is 0.340. The molecule has 0 aromatic carbocycles. The van der Waals surface area contributed by atoms with Gasteiger partial charge < -0.3 is 24.9 Å². The Morgan fingerprint density at radius 2 is 1.65 bits per heavy atom. The molecular weight excluding hydrogens is 278 g/mol. The van der Waals surface area contributed by atoms with E-state index in [4.69, 9.17) is 19.6 Å². The second-order valence-corrected chi connectivity index (χ2v) is 6.60. The van der Waals surface area contributed by atoms with Gasteiger partial charge in [0.05, 0.1) is 6.16 Å². The smallest absolute Gasteiger partial charge is 0.324 e. The molecule has 0 fully saturated rings. The molecule has 6 N–H and O–H groups in total. The van der Waals surface area contributed by atoms with Crippen LogP contribution in [0.3, 0.4) is 0 Å². The van der Waals surface area contributed by atoms with Crippen molar-refractivity contribution in [1.82, 2.24) is 10.6 Å². The van der Waals surface area contributed by atoms with E-state index in [2.05, 4.69) is 0 Å². The van der Waals surface area contributed by atoms with Crippen molar-refractivity contribution in [3.63, 3.8) is 0 Å². The molecule has 0 radical (unpaired) electrons. The van der Waals surface area contributed by atoms with E-state index in [-0.39, 0.29) is 0 Å². The Hall–Kier alpha value is -0.760. The lowest BCUT2D eigenvalue weighted by molar-refractivity contribution is -0.117. The molecule has 17 heavy (non-hydrogen) atoms. The number of amides is 3. The van der Waals surface area contributed by atoms with Crippen molar-refractivity contribution < 1.29 is 38.3 Å². The standard InChI is InChI=1S/C5H12N2O8P2/c1-3(8)6-5(9)7-4(17(13,14)15)2-16(10,11)12/h4H,2H2,1H3,(H2,10,11,12)(H2,13,14,15)(H2,6,7,8,9). The van der Waals surface area contributed by atoms with Crippen molar-refractivity contribution in [2.45, 2.75) is 12.7 Å². The summed E-state index contributed by atoms with van der Waals surface area (Å²) in [7, 11) is -9.67. The Balaban J connectivity index is 4.74. The van der Waals surface area contributed by atoms with Crippen LogP contribution in [0.15, 0.2) is 0 Å². The van der Waals surface area contributed by atoms with Crippen LogP contribution in [-0.4, -0.2) is 43.5 Å². The van der Waals surface area contributed by atoms with Crippen molar-refractivity contribution in [3.8, 4) is 0 Å². The molecule has 0 saturated carbocycles. The summed E-state index contributed by atoms with van der Waals surface area (Å²) in [4.78, 5) is 56.1. The van der Waals surface area contributed by atoms with Gasteiger partial charge in [-0.1, -0.05) is 0 Å². The van der Waals surface area contributed by atoms with E-state index in [0.29, 0.717) is 0 Å². The highest BCUT2D eigenvalue weighted by molar-refractivity contribution is 7.56. The minimum atomic E-state index is -4.95. The van der Waals surface area contributed by atoms with Gasteiger partial charge in [0.25, 0.3) is 0 Å². The van der Waals surface area contributed by atoms with Crippen LogP contribution in [0.1, 0.15) is 6.92 Å². The van der Waals surface area contributed by atoms with Crippen LogP contribution in [0, 0.1) is 0 Å². The molecule has 12 heteroatoms. The summed E-state index contributed by atoms with van der Waals surface area (Å²) in [6.07, 6.45) is -1.23. The first kappa shape index (κ1) is 16.2. The molecule has 0 spiro atoms. The van der Waals surface area contributed by atoms with Crippen LogP contribution in [0.4, 0.5) is 4.79 Å². The van der Waals surface area contributed by atoms with Gasteiger partial charge >= 0.3 is 21.2 Å². The predicted molar refractivity (Wildman–Crippen MR) is 55.1 cm³/mol. The lowest BCUT2D eigenvalue weighted by Crippen LogP contribution is -2.45. The second kappa shape index (κ2) is 5.72. The maximum absolute atomic E-state index is 11.0. The van der Waals surface area contributed by atoms with Gasteiger partial charge in [-0.05, 0) is 0 Å². The Bertz CT molecular complexity index is 397. The molecule has 0 heterocycles. The summed E-state index contributed by atoms with van der Waals surface area (Å²) in [5.74, 6) is -2.86. The van der Waals surface area contributed by atoms with Crippen LogP contribution in [-0.2, 0) is 13.9 Å². The first-order valence-corrected chi connectivity index (χ1v) is 7.57. The van der Waals surface area contributed by atoms with Crippen LogP contribution in [0.25, 0.3) is 0 Å². The fraction of sp³-hybridized carbons (Fsp3) is 0.600. The molecular formula is C5H12N2O8P2. The monoisotopic (exact) mass is 290 g/mol. The molecule has 0 aliphatic heterocycles. The zero-order valence-electron chi connectivity index (χ0n) is 8.60. The minimum Gasteiger partial charge on any atom is -0.324 e. The summed E-state index contributed by atoms with van der Waals surface area (Å²) in [5.41, 5.74) is 0. The van der Waals surface area contributed by atoms with Gasteiger partial charge in [0, 0.05) is 6.92 Å². The van der Waals surface area contributed by atoms with Gasteiger partial charge in [-0.15, -0.1) is 0 Å². The zero-order valence-corrected chi connectivity index (χ0v) is 10.4. The van der Waals surface area contributed by atoms with Gasteiger partial charge in [0.15, 0.2) is 0 Å². The Morgan fingerprint density at radius 1 is 1.18 bits per heavy atom. The fourth-order valence-corrected chi connectivity index (χ4v) is 3.13. The van der Waals surface area contributed by atoms with Gasteiger partial charge in [0.2, 0.25) is 5.91 Å². The summed E-state index contributed by atoms with van der Waals surface area (Å²) in [6, 6.07) is -1.25. The predicted octanol–water partition coefficient (Wildman–Crippen LogP) is -1.49. The average Bonchev–Trinajstić information content (AvgIpc) is 1.96. The number of nitrogens with one attached hydrogen (secondary N) is 2. The van der Waals surface area contributed by atoms with Crippen LogP contribution < -0.4 is 10.6 Å². The number of carbonyl (C=O) groups excluding carboxylic acids is 2. The van der Waals surface area contributed by atoms with Gasteiger partial charge in [-0.2, -0.15) is 0 Å². The molecule has 10 nitrogen and oxygen atoms in total. The van der Waals surface area contributed by atoms with E-state index in [1.807, 2.05) is 0 Å². The molecule has 1 atom stereocenters. The van der Waals surface area contributed by atoms with Crippen LogP contribution in [0.2, 0.25) is 0 Å². The molecule has 0 aromatic rings. The SMILES string of the molecule is CC(=O)NC(=O)NC(CP(=O)(O)O)P(=O)(O)O. The molecule has 3 amide bonds. The van der Waals surface area contributed by atoms with Gasteiger partial charge in [-0.3, -0.25) is 19.2 Å². The molecule has 0 aliphatic carbocycles. The van der Waals surface area contributed by atoms with Crippen LogP contribution >= 0.6 is 15.2 Å². The highest BCUT2D eigenvalue weighted by Crippen LogP contribution is 2.47. The van der Waals surface area contributed by atoms with Crippen molar-refractivity contribution in [2.75, 3.05) is 6.16 Å². The van der Waals surface area contributed by atoms with E-state index in [1.54, 1.807) is 10.6 Å². The van der Waals surface area contributed by atoms with Crippen molar-refractivity contribution in [3.05, 3.63) is 0 Å². The molecule has 0 bridgehead atoms. The third kappa shape index (κ3) is 8.03. The third-order valence-corrected chi connectivity index (χ3v) is 3.66. The largest absolute Gasteiger partial charge is 0.348 e. The molecule has 0 rings (SSSR count). The first-order valence-electron chi connectivity index (χ1n) is 4.09. The van der Waals surface area contributed by atoms with E-state index in [0.717, 1.165) is 6.92 Å². The van der Waals surface area contributed by atoms with E-state index in [1.165, 1.54) is 0 Å². The Labute approximate surface area is 95.7 Å². The van der Waals surface area contributed by atoms with E-state index < -0.39 is 39.1 Å². The topological polar surface area (TPSA) is 173 Å². The lowest BCUT2D eigenvalue weighted by Gasteiger charge is -2.19. The molecule has 1 unspecified atom stereocenters. The Kier molecular flexibility index (Phi) is 5.47. The normalized spacial score (nSPS) is 13.9. The van der Waals surface area contributed by atoms with Gasteiger partial charge in [-0.25, -0.2) is 4.79 Å². The van der Waals surface area contributed by atoms with Gasteiger partial charge in [0.1, 0.15) is 5.78 Å². The number of urea groups is 1. The molecule has 100 valence electrons. The van der Waals surface area contributed by atoms with E-state index in [9.17, 15) is 18.7 Å². The molecule has 0 aliphatic rings. The van der Waals surface area contributed by atoms with Crippen molar-refractivity contribution >= 4 is 27.1 Å². The second-order valence-electron chi connectivity index (χ2n) is 3.11. The average molecular weight is 290 g/mol. The summed E-state index contributed by atoms with van der Waals surface area (Å²) < 4.78 is 21.5.